The van der Waals surface area contributed by atoms with Crippen LogP contribution in [0.4, 0.5) is 0 Å². The van der Waals surface area contributed by atoms with Gasteiger partial charge >= 0.3 is 5.66 Å². The maximum Gasteiger partial charge on any atom is 0.314 e. The van der Waals surface area contributed by atoms with E-state index in [1.54, 1.807) is 61.7 Å². The van der Waals surface area contributed by atoms with Crippen molar-refractivity contribution in [3.8, 4) is 5.75 Å². The molecule has 136 valence electrons. The van der Waals surface area contributed by atoms with E-state index in [1.807, 2.05) is 0 Å². The molecule has 7 nitrogen and oxygen atoms in total. The van der Waals surface area contributed by atoms with Gasteiger partial charge in [0, 0.05) is 25.2 Å². The summed E-state index contributed by atoms with van der Waals surface area (Å²) in [6.45, 7) is 1.37. The van der Waals surface area contributed by atoms with E-state index in [1.165, 1.54) is 14.0 Å². The molecule has 0 amide bonds. The Morgan fingerprint density at radius 2 is 1.77 bits per heavy atom. The van der Waals surface area contributed by atoms with Gasteiger partial charge in [0.15, 0.2) is 0 Å². The van der Waals surface area contributed by atoms with Crippen LogP contribution in [-0.4, -0.2) is 52.6 Å². The topological polar surface area (TPSA) is 85.1 Å². The Hall–Kier alpha value is -2.74. The van der Waals surface area contributed by atoms with Crippen LogP contribution in [0.2, 0.25) is 0 Å². The molecule has 1 aliphatic rings. The molecule has 0 bridgehead atoms. The molecule has 0 aromatic heterocycles. The number of carbonyl (C=O) groups excluding carboxylic acids is 1. The van der Waals surface area contributed by atoms with E-state index < -0.39 is 17.7 Å². The molecule has 0 saturated carbocycles. The Morgan fingerprint density at radius 3 is 2.31 bits per heavy atom. The Balaban J connectivity index is 2.11. The fourth-order valence-electron chi connectivity index (χ4n) is 3.06. The molecule has 2 aromatic rings. The minimum atomic E-state index is -1.85. The van der Waals surface area contributed by atoms with Crippen molar-refractivity contribution in [1.29, 1.82) is 0 Å². The molecule has 0 radical (unpaired) electrons. The van der Waals surface area contributed by atoms with Crippen LogP contribution in [0.5, 0.6) is 5.75 Å². The van der Waals surface area contributed by atoms with Gasteiger partial charge in [-0.25, -0.2) is 0 Å². The molecule has 0 fully saturated rings. The predicted octanol–water partition coefficient (Wildman–Crippen LogP) is 2.27. The Labute approximate surface area is 151 Å². The third-order valence-electron chi connectivity index (χ3n) is 4.59. The van der Waals surface area contributed by atoms with E-state index in [-0.39, 0.29) is 5.71 Å². The summed E-state index contributed by atoms with van der Waals surface area (Å²) >= 11 is 0. The third-order valence-corrected chi connectivity index (χ3v) is 4.59. The lowest BCUT2D eigenvalue weighted by Gasteiger charge is -2.27. The first-order valence-corrected chi connectivity index (χ1v) is 8.04. The summed E-state index contributed by atoms with van der Waals surface area (Å²) in [6.07, 6.45) is -1.08. The number of methoxy groups -OCH3 is 2. The van der Waals surface area contributed by atoms with Crippen molar-refractivity contribution in [2.45, 2.75) is 18.8 Å². The van der Waals surface area contributed by atoms with Gasteiger partial charge < -0.3 is 19.9 Å². The number of hydrogen-bond donors (Lipinski definition) is 1. The van der Waals surface area contributed by atoms with Crippen molar-refractivity contribution in [2.75, 3.05) is 14.2 Å². The fourth-order valence-corrected chi connectivity index (χ4v) is 3.06. The molecule has 3 rings (SSSR count). The summed E-state index contributed by atoms with van der Waals surface area (Å²) in [5.41, 5.74) is -0.862. The molecule has 1 aliphatic heterocycles. The average Bonchev–Trinajstić information content (AvgIpc) is 2.89. The fraction of sp³-hybridized carbons (Fsp3) is 0.263. The third kappa shape index (κ3) is 2.66. The van der Waals surface area contributed by atoms with E-state index in [2.05, 4.69) is 0 Å². The largest absolute Gasteiger partial charge is 0.622 e. The van der Waals surface area contributed by atoms with Crippen molar-refractivity contribution < 1.29 is 24.2 Å². The highest BCUT2D eigenvalue weighted by molar-refractivity contribution is 6.07. The monoisotopic (exact) mass is 356 g/mol. The molecular formula is C19H20N2O5. The van der Waals surface area contributed by atoms with Gasteiger partial charge in [0.05, 0.1) is 7.11 Å². The van der Waals surface area contributed by atoms with Crippen LogP contribution in [-0.2, 0) is 4.74 Å². The number of nitrogens with zero attached hydrogens (tertiary/aromatic N) is 2. The molecule has 26 heavy (non-hydrogen) atoms. The molecule has 2 aromatic carbocycles. The molecule has 7 heteroatoms. The summed E-state index contributed by atoms with van der Waals surface area (Å²) in [6, 6.07) is 15.1. The summed E-state index contributed by atoms with van der Waals surface area (Å²) < 4.78 is 10.9. The maximum atomic E-state index is 13.1. The number of hydroxylamine groups is 3. The zero-order valence-corrected chi connectivity index (χ0v) is 14.7. The van der Waals surface area contributed by atoms with E-state index in [0.717, 1.165) is 0 Å². The first-order valence-electron chi connectivity index (χ1n) is 8.04. The van der Waals surface area contributed by atoms with E-state index in [0.29, 0.717) is 26.7 Å². The highest BCUT2D eigenvalue weighted by Gasteiger charge is 2.60. The molecule has 2 atom stereocenters. The Bertz CT molecular complexity index is 835. The average molecular weight is 356 g/mol. The van der Waals surface area contributed by atoms with Crippen molar-refractivity contribution in [2.24, 2.45) is 0 Å². The second-order valence-corrected chi connectivity index (χ2v) is 6.06. The smallest absolute Gasteiger partial charge is 0.314 e. The molecule has 0 aliphatic carbocycles. The maximum absolute atomic E-state index is 13.1. The zero-order valence-electron chi connectivity index (χ0n) is 14.7. The normalized spacial score (nSPS) is 23.3. The molecular weight excluding hydrogens is 336 g/mol. The highest BCUT2D eigenvalue weighted by Crippen LogP contribution is 2.31. The van der Waals surface area contributed by atoms with Gasteiger partial charge in [-0.3, -0.25) is 4.79 Å². The van der Waals surface area contributed by atoms with Crippen molar-refractivity contribution in [3.05, 3.63) is 70.9 Å². The van der Waals surface area contributed by atoms with E-state index in [9.17, 15) is 15.2 Å². The second kappa shape index (κ2) is 6.87. The number of benzene rings is 2. The number of rotatable bonds is 5. The van der Waals surface area contributed by atoms with Crippen LogP contribution in [0.1, 0.15) is 22.8 Å². The molecule has 0 saturated heterocycles. The van der Waals surface area contributed by atoms with Crippen LogP contribution in [0.15, 0.2) is 54.6 Å². The Kier molecular flexibility index (Phi) is 4.78. The lowest BCUT2D eigenvalue weighted by molar-refractivity contribution is -0.563. The number of ether oxygens (including phenoxy) is 2. The van der Waals surface area contributed by atoms with E-state index in [4.69, 9.17) is 9.47 Å². The van der Waals surface area contributed by atoms with Crippen molar-refractivity contribution >= 4 is 11.5 Å². The molecule has 0 unspecified atom stereocenters. The van der Waals surface area contributed by atoms with Crippen molar-refractivity contribution in [3.63, 3.8) is 0 Å². The van der Waals surface area contributed by atoms with Gasteiger partial charge in [-0.2, -0.15) is 4.74 Å². The van der Waals surface area contributed by atoms with Gasteiger partial charge in [-0.1, -0.05) is 35.4 Å². The first kappa shape index (κ1) is 18.1. The first-order chi connectivity index (χ1) is 12.4. The van der Waals surface area contributed by atoms with Crippen LogP contribution in [0, 0.1) is 5.21 Å². The SMILES string of the molecule is COc1ccc(C2=[N+]([O-])[C@](C)(C(=O)c3ccccc3)N(O)[C@@H]2OC)cc1. The van der Waals surface area contributed by atoms with E-state index >= 15 is 0 Å². The van der Waals surface area contributed by atoms with Gasteiger partial charge in [-0.15, -0.1) is 0 Å². The van der Waals surface area contributed by atoms with Gasteiger partial charge in [-0.05, 0) is 24.3 Å². The summed E-state index contributed by atoms with van der Waals surface area (Å²) in [4.78, 5) is 13.0. The summed E-state index contributed by atoms with van der Waals surface area (Å²) in [5, 5.41) is 24.4. The van der Waals surface area contributed by atoms with Crippen LogP contribution in [0.3, 0.4) is 0 Å². The summed E-state index contributed by atoms with van der Waals surface area (Å²) in [7, 11) is 2.91. The van der Waals surface area contributed by atoms with Gasteiger partial charge in [0.1, 0.15) is 5.75 Å². The standard InChI is InChI=1S/C19H20N2O5/c1-19(17(22)14-7-5-4-6-8-14)20(23)16(18(26-3)21(19)24)13-9-11-15(25-2)12-10-13/h4-12,18,24H,1-3H3/t18-,19+/m1/s1. The quantitative estimate of drug-likeness (QED) is 0.503. The number of hydrogen-bond acceptors (Lipinski definition) is 6. The van der Waals surface area contributed by atoms with Crippen LogP contribution >= 0.6 is 0 Å². The molecule has 1 heterocycles. The number of carbonyl (C=O) groups is 1. The lowest BCUT2D eigenvalue weighted by atomic mass is 10.00. The Morgan fingerprint density at radius 1 is 1.15 bits per heavy atom. The minimum Gasteiger partial charge on any atom is -0.622 e. The highest BCUT2D eigenvalue weighted by atomic mass is 16.6. The minimum absolute atomic E-state index is 0.143. The molecule has 0 spiro atoms. The zero-order chi connectivity index (χ0) is 18.9. The second-order valence-electron chi connectivity index (χ2n) is 6.06. The predicted molar refractivity (Wildman–Crippen MR) is 94.3 cm³/mol. The lowest BCUT2D eigenvalue weighted by Crippen LogP contribution is -2.55. The van der Waals surface area contributed by atoms with Crippen LogP contribution < -0.4 is 4.74 Å². The number of ketones is 1. The van der Waals surface area contributed by atoms with Gasteiger partial charge in [0.25, 0.3) is 5.78 Å². The van der Waals surface area contributed by atoms with Crippen LogP contribution in [0.25, 0.3) is 0 Å². The van der Waals surface area contributed by atoms with Gasteiger partial charge in [0.2, 0.25) is 11.9 Å². The summed E-state index contributed by atoms with van der Waals surface area (Å²) in [5.74, 6) is 0.101. The number of Topliss-reactive ketones (excluding diaryl/α,β-unsaturated/α-hetero) is 1. The van der Waals surface area contributed by atoms with Crippen molar-refractivity contribution in [1.82, 2.24) is 5.06 Å². The molecule has 1 N–H and O–H groups in total.